The van der Waals surface area contributed by atoms with Crippen LogP contribution in [0.3, 0.4) is 0 Å². The van der Waals surface area contributed by atoms with Crippen LogP contribution in [-0.2, 0) is 15.4 Å². The van der Waals surface area contributed by atoms with E-state index < -0.39 is 36.8 Å². The molecule has 1 N–H and O–H groups in total. The molecule has 0 spiro atoms. The molecule has 2 aromatic carbocycles. The SMILES string of the molecule is CC1=C(C(=O)c2cc(Cl)ccc2NS(=O)(=O)c2ccc(C(C)(C)C)cc2)C=CC=IN1[O-]. The van der Waals surface area contributed by atoms with Crippen LogP contribution in [0, 0.1) is 5.21 Å². The molecule has 9 heteroatoms. The van der Waals surface area contributed by atoms with Crippen LogP contribution in [0.4, 0.5) is 5.69 Å². The Balaban J connectivity index is 2.00. The van der Waals surface area contributed by atoms with Crippen molar-refractivity contribution >= 4 is 58.1 Å². The zero-order valence-corrected chi connectivity index (χ0v) is 21.7. The lowest BCUT2D eigenvalue weighted by molar-refractivity contribution is 0.103. The molecule has 1 heterocycles. The van der Waals surface area contributed by atoms with Crippen molar-refractivity contribution in [1.82, 2.24) is 3.28 Å². The van der Waals surface area contributed by atoms with E-state index >= 15 is 0 Å². The third-order valence-corrected chi connectivity index (χ3v) is 8.46. The number of rotatable bonds is 5. The summed E-state index contributed by atoms with van der Waals surface area (Å²) in [7, 11) is -3.96. The van der Waals surface area contributed by atoms with Crippen molar-refractivity contribution in [3.05, 3.63) is 87.2 Å². The highest BCUT2D eigenvalue weighted by atomic mass is 127. The maximum absolute atomic E-state index is 13.3. The van der Waals surface area contributed by atoms with Gasteiger partial charge in [-0.15, -0.1) is 0 Å². The monoisotopic (exact) mass is 585 g/mol. The van der Waals surface area contributed by atoms with Gasteiger partial charge in [-0.3, -0.25) is 9.52 Å². The van der Waals surface area contributed by atoms with Crippen molar-refractivity contribution in [3.63, 3.8) is 0 Å². The van der Waals surface area contributed by atoms with Crippen molar-refractivity contribution in [2.24, 2.45) is 0 Å². The minimum absolute atomic E-state index is 0.0693. The molecule has 1 aliphatic rings. The Morgan fingerprint density at radius 3 is 2.41 bits per heavy atom. The topological polar surface area (TPSA) is 89.5 Å². The van der Waals surface area contributed by atoms with E-state index in [-0.39, 0.29) is 32.2 Å². The molecular weight excluding hydrogens is 563 g/mol. The molecule has 170 valence electrons. The molecule has 2 aromatic rings. The Hall–Kier alpha value is -2.01. The lowest BCUT2D eigenvalue weighted by atomic mass is 9.87. The van der Waals surface area contributed by atoms with Crippen LogP contribution in [0.1, 0.15) is 43.6 Å². The maximum atomic E-state index is 13.3. The highest BCUT2D eigenvalue weighted by Gasteiger charge is 2.23. The highest BCUT2D eigenvalue weighted by Crippen LogP contribution is 2.30. The zero-order chi connectivity index (χ0) is 23.7. The number of hydrogen-bond acceptors (Lipinski definition) is 5. The molecule has 1 aliphatic heterocycles. The van der Waals surface area contributed by atoms with Crippen molar-refractivity contribution in [2.75, 3.05) is 4.72 Å². The number of carbonyl (C=O) groups excluding carboxylic acids is 1. The molecule has 0 bridgehead atoms. The minimum Gasteiger partial charge on any atom is -0.750 e. The van der Waals surface area contributed by atoms with Crippen molar-refractivity contribution in [3.8, 4) is 0 Å². The van der Waals surface area contributed by atoms with E-state index in [4.69, 9.17) is 11.6 Å². The first-order valence-electron chi connectivity index (χ1n) is 9.69. The molecule has 0 radical (unpaired) electrons. The standard InChI is InChI=1S/C23H23ClIN2O4S/c1-15-19(6-5-13-25-27(15)29)22(28)20-14-17(24)9-12-21(20)26-32(30,31)18-10-7-16(8-11-18)23(2,3)4/h5-14,26H,1-4H3/q-1. The Kier molecular flexibility index (Phi) is 7.28. The number of Topliss-reactive ketones (excluding diaryl/α,β-unsaturated/α-hetero) is 1. The molecule has 0 aliphatic carbocycles. The summed E-state index contributed by atoms with van der Waals surface area (Å²) < 4.78 is 31.1. The van der Waals surface area contributed by atoms with E-state index in [9.17, 15) is 18.4 Å². The van der Waals surface area contributed by atoms with Gasteiger partial charge in [-0.1, -0.05) is 50.6 Å². The molecule has 0 unspecified atom stereocenters. The van der Waals surface area contributed by atoms with Gasteiger partial charge < -0.3 is 8.48 Å². The van der Waals surface area contributed by atoms with E-state index in [1.807, 2.05) is 20.8 Å². The number of halogens is 2. The van der Waals surface area contributed by atoms with Crippen molar-refractivity contribution in [2.45, 2.75) is 38.0 Å². The van der Waals surface area contributed by atoms with Gasteiger partial charge in [-0.05, 0) is 79.3 Å². The fourth-order valence-electron chi connectivity index (χ4n) is 3.02. The summed E-state index contributed by atoms with van der Waals surface area (Å²) in [6.45, 7) is 7.71. The third kappa shape index (κ3) is 5.48. The van der Waals surface area contributed by atoms with Crippen LogP contribution >= 0.6 is 32.6 Å². The van der Waals surface area contributed by atoms with Gasteiger partial charge >= 0.3 is 0 Å². The summed E-state index contributed by atoms with van der Waals surface area (Å²) in [5, 5.41) is 12.4. The number of allylic oxidation sites excluding steroid dienone is 4. The van der Waals surface area contributed by atoms with Crippen LogP contribution in [0.15, 0.2) is 70.8 Å². The zero-order valence-electron chi connectivity index (χ0n) is 18.0. The molecule has 3 rings (SSSR count). The molecular formula is C23H23ClIN2O4S-. The third-order valence-electron chi connectivity index (χ3n) is 4.88. The van der Waals surface area contributed by atoms with E-state index in [0.29, 0.717) is 5.70 Å². The quantitative estimate of drug-likeness (QED) is 0.266. The average Bonchev–Trinajstić information content (AvgIpc) is 2.89. The summed E-state index contributed by atoms with van der Waals surface area (Å²) in [6.07, 6.45) is 3.24. The van der Waals surface area contributed by atoms with Gasteiger partial charge in [0.05, 0.1) is 10.6 Å². The predicted molar refractivity (Wildman–Crippen MR) is 139 cm³/mol. The number of carbonyl (C=O) groups is 1. The van der Waals surface area contributed by atoms with Crippen LogP contribution < -0.4 is 4.72 Å². The average molecular weight is 586 g/mol. The Morgan fingerprint density at radius 1 is 1.12 bits per heavy atom. The number of hydrogen-bond donors (Lipinski definition) is 1. The number of hydroxylamine groups is 1. The van der Waals surface area contributed by atoms with Crippen LogP contribution in [0.2, 0.25) is 5.02 Å². The van der Waals surface area contributed by atoms with E-state index in [1.54, 1.807) is 35.2 Å². The Morgan fingerprint density at radius 2 is 1.78 bits per heavy atom. The van der Waals surface area contributed by atoms with Crippen LogP contribution in [-0.4, -0.2) is 21.5 Å². The lowest BCUT2D eigenvalue weighted by Gasteiger charge is -2.26. The summed E-state index contributed by atoms with van der Waals surface area (Å²) in [5.74, 6) is -0.484. The second-order valence-corrected chi connectivity index (χ2v) is 12.5. The van der Waals surface area contributed by atoms with Gasteiger partial charge in [0.1, 0.15) is 0 Å². The number of anilines is 1. The molecule has 6 nitrogen and oxygen atoms in total. The van der Waals surface area contributed by atoms with Crippen molar-refractivity contribution < 1.29 is 13.2 Å². The fraction of sp³-hybridized carbons (Fsp3) is 0.217. The first-order chi connectivity index (χ1) is 14.9. The molecule has 0 atom stereocenters. The summed E-state index contributed by atoms with van der Waals surface area (Å²) >= 11 is 5.21. The van der Waals surface area contributed by atoms with Gasteiger partial charge in [0.2, 0.25) is 0 Å². The minimum atomic E-state index is -3.96. The molecule has 0 aromatic heterocycles. The van der Waals surface area contributed by atoms with Gasteiger partial charge in [-0.25, -0.2) is 8.42 Å². The molecule has 0 saturated heterocycles. The number of benzene rings is 2. The first-order valence-corrected chi connectivity index (χ1v) is 13.8. The van der Waals surface area contributed by atoms with Gasteiger partial charge in [0.25, 0.3) is 10.0 Å². The normalized spacial score (nSPS) is 14.8. The predicted octanol–water partition coefficient (Wildman–Crippen LogP) is 5.95. The summed E-state index contributed by atoms with van der Waals surface area (Å²) in [6, 6.07) is 11.0. The van der Waals surface area contributed by atoms with E-state index in [1.165, 1.54) is 30.3 Å². The second kappa shape index (κ2) is 9.46. The van der Waals surface area contributed by atoms with Gasteiger partial charge in [0, 0.05) is 21.9 Å². The van der Waals surface area contributed by atoms with E-state index in [2.05, 4.69) is 4.72 Å². The smallest absolute Gasteiger partial charge is 0.261 e. The first kappa shape index (κ1) is 24.6. The largest absolute Gasteiger partial charge is 0.750 e. The maximum Gasteiger partial charge on any atom is 0.261 e. The van der Waals surface area contributed by atoms with Gasteiger partial charge in [0.15, 0.2) is 5.78 Å². The summed E-state index contributed by atoms with van der Waals surface area (Å²) in [5.41, 5.74) is 1.54. The van der Waals surface area contributed by atoms with E-state index in [0.717, 1.165) is 8.84 Å². The van der Waals surface area contributed by atoms with Crippen molar-refractivity contribution in [1.29, 1.82) is 0 Å². The van der Waals surface area contributed by atoms with Crippen LogP contribution in [0.5, 0.6) is 0 Å². The van der Waals surface area contributed by atoms with Gasteiger partial charge in [-0.2, -0.15) is 0 Å². The number of nitrogens with zero attached hydrogens (tertiary/aromatic N) is 1. The number of nitrogens with one attached hydrogen (secondary N) is 1. The Bertz CT molecular complexity index is 1240. The fourth-order valence-corrected chi connectivity index (χ4v) is 5.64. The highest BCUT2D eigenvalue weighted by molar-refractivity contribution is 14.2. The molecule has 0 amide bonds. The molecule has 0 saturated carbocycles. The summed E-state index contributed by atoms with van der Waals surface area (Å²) in [4.78, 5) is 13.4. The lowest BCUT2D eigenvalue weighted by Crippen LogP contribution is -2.17. The number of ketones is 1. The molecule has 32 heavy (non-hydrogen) atoms. The molecule has 0 fully saturated rings. The second-order valence-electron chi connectivity index (χ2n) is 8.23. The Labute approximate surface area is 203 Å². The van der Waals surface area contributed by atoms with Crippen LogP contribution in [0.25, 0.3) is 0 Å². The number of sulfonamides is 1.